The van der Waals surface area contributed by atoms with Crippen LogP contribution in [0, 0.1) is 6.92 Å². The van der Waals surface area contributed by atoms with E-state index in [-0.39, 0.29) is 21.4 Å². The van der Waals surface area contributed by atoms with Crippen molar-refractivity contribution < 1.29 is 22.7 Å². The van der Waals surface area contributed by atoms with Crippen LogP contribution < -0.4 is 9.46 Å². The molecule has 0 radical (unpaired) electrons. The van der Waals surface area contributed by atoms with Gasteiger partial charge in [-0.1, -0.05) is 25.4 Å². The van der Waals surface area contributed by atoms with Crippen molar-refractivity contribution in [3.8, 4) is 5.75 Å². The second-order valence-electron chi connectivity index (χ2n) is 7.08. The number of benzene rings is 2. The molecule has 29 heavy (non-hydrogen) atoms. The zero-order valence-electron chi connectivity index (χ0n) is 17.4. The van der Waals surface area contributed by atoms with E-state index in [0.717, 1.165) is 22.4 Å². The van der Waals surface area contributed by atoms with E-state index in [4.69, 9.17) is 16.3 Å². The highest BCUT2D eigenvalue weighted by Gasteiger charge is 2.23. The minimum Gasteiger partial charge on any atom is -0.496 e. The molecule has 0 aliphatic heterocycles. The maximum atomic E-state index is 12.9. The highest BCUT2D eigenvalue weighted by molar-refractivity contribution is 7.89. The lowest BCUT2D eigenvalue weighted by molar-refractivity contribution is 0.0600. The molecule has 158 valence electrons. The molecule has 0 aromatic heterocycles. The van der Waals surface area contributed by atoms with Crippen molar-refractivity contribution in [2.24, 2.45) is 0 Å². The van der Waals surface area contributed by atoms with Crippen LogP contribution in [0.3, 0.4) is 0 Å². The first-order chi connectivity index (χ1) is 13.5. The van der Waals surface area contributed by atoms with Crippen LogP contribution in [0.25, 0.3) is 0 Å². The molecule has 0 bridgehead atoms. The molecule has 0 unspecified atom stereocenters. The summed E-state index contributed by atoms with van der Waals surface area (Å²) >= 11 is 5.99. The van der Waals surface area contributed by atoms with Gasteiger partial charge in [0.05, 0.1) is 29.7 Å². The molecule has 0 amide bonds. The van der Waals surface area contributed by atoms with Gasteiger partial charge in [-0.05, 0) is 66.8 Å². The molecule has 0 heterocycles. The van der Waals surface area contributed by atoms with E-state index >= 15 is 0 Å². The number of halogens is 1. The summed E-state index contributed by atoms with van der Waals surface area (Å²) in [4.78, 5) is 11.8. The lowest BCUT2D eigenvalue weighted by Crippen LogP contribution is -2.27. The Hall–Kier alpha value is -2.09. The minimum absolute atomic E-state index is 0.00702. The topological polar surface area (TPSA) is 81.7 Å². The Kier molecular flexibility index (Phi) is 7.32. The lowest BCUT2D eigenvalue weighted by atomic mass is 9.94. The molecule has 0 fully saturated rings. The van der Waals surface area contributed by atoms with Crippen LogP contribution in [-0.4, -0.2) is 28.6 Å². The molecule has 0 saturated carbocycles. The standard InChI is InChI=1S/C21H26ClNO5S/c1-12(2)16-11-17(13(3)9-20(16)27-5)14(4)23-29(25,26)15-7-8-19(22)18(10-15)21(24)28-6/h7-12,14,23H,1-6H3/t14-/m0/s1. The highest BCUT2D eigenvalue weighted by Crippen LogP contribution is 2.32. The van der Waals surface area contributed by atoms with E-state index in [9.17, 15) is 13.2 Å². The van der Waals surface area contributed by atoms with E-state index < -0.39 is 22.0 Å². The first kappa shape index (κ1) is 23.2. The Morgan fingerprint density at radius 1 is 1.07 bits per heavy atom. The summed E-state index contributed by atoms with van der Waals surface area (Å²) in [5.74, 6) is 0.288. The Morgan fingerprint density at radius 2 is 1.72 bits per heavy atom. The summed E-state index contributed by atoms with van der Waals surface area (Å²) in [5.41, 5.74) is 2.75. The third-order valence-electron chi connectivity index (χ3n) is 4.69. The summed E-state index contributed by atoms with van der Waals surface area (Å²) in [5, 5.41) is 0.122. The van der Waals surface area contributed by atoms with Crippen molar-refractivity contribution in [2.75, 3.05) is 14.2 Å². The number of nitrogens with one attached hydrogen (secondary N) is 1. The summed E-state index contributed by atoms with van der Waals surface area (Å²) in [7, 11) is -1.08. The number of aryl methyl sites for hydroxylation is 1. The van der Waals surface area contributed by atoms with Crippen molar-refractivity contribution in [3.05, 3.63) is 57.6 Å². The normalized spacial score (nSPS) is 12.7. The third kappa shape index (κ3) is 5.10. The number of hydrogen-bond acceptors (Lipinski definition) is 5. The molecule has 0 saturated heterocycles. The van der Waals surface area contributed by atoms with Gasteiger partial charge in [-0.25, -0.2) is 17.9 Å². The van der Waals surface area contributed by atoms with Gasteiger partial charge in [0.15, 0.2) is 0 Å². The Labute approximate surface area is 177 Å². The molecule has 2 rings (SSSR count). The molecule has 1 atom stereocenters. The van der Waals surface area contributed by atoms with Gasteiger partial charge >= 0.3 is 5.97 Å². The average Bonchev–Trinajstić information content (AvgIpc) is 2.66. The van der Waals surface area contributed by atoms with E-state index in [1.54, 1.807) is 14.0 Å². The number of methoxy groups -OCH3 is 2. The molecule has 0 aliphatic carbocycles. The van der Waals surface area contributed by atoms with Gasteiger partial charge in [-0.2, -0.15) is 0 Å². The third-order valence-corrected chi connectivity index (χ3v) is 6.56. The van der Waals surface area contributed by atoms with E-state index in [1.165, 1.54) is 25.3 Å². The summed E-state index contributed by atoms with van der Waals surface area (Å²) < 4.78 is 38.6. The van der Waals surface area contributed by atoms with Crippen LogP contribution in [0.4, 0.5) is 0 Å². The lowest BCUT2D eigenvalue weighted by Gasteiger charge is -2.21. The molecule has 0 aliphatic rings. The van der Waals surface area contributed by atoms with Gasteiger partial charge < -0.3 is 9.47 Å². The van der Waals surface area contributed by atoms with Crippen LogP contribution in [0.1, 0.15) is 59.8 Å². The predicted octanol–water partition coefficient (Wildman–Crippen LogP) is 4.61. The van der Waals surface area contributed by atoms with Gasteiger partial charge in [0.2, 0.25) is 10.0 Å². The first-order valence-corrected chi connectivity index (χ1v) is 11.0. The molecular weight excluding hydrogens is 414 g/mol. The maximum Gasteiger partial charge on any atom is 0.339 e. The largest absolute Gasteiger partial charge is 0.496 e. The molecular formula is C21H26ClNO5S. The summed E-state index contributed by atoms with van der Waals surface area (Å²) in [6.07, 6.45) is 0. The number of hydrogen-bond donors (Lipinski definition) is 1. The van der Waals surface area contributed by atoms with E-state index in [2.05, 4.69) is 9.46 Å². The Bertz CT molecular complexity index is 1020. The van der Waals surface area contributed by atoms with Crippen LogP contribution in [0.15, 0.2) is 35.2 Å². The van der Waals surface area contributed by atoms with Crippen molar-refractivity contribution in [1.29, 1.82) is 0 Å². The minimum atomic E-state index is -3.90. The van der Waals surface area contributed by atoms with Crippen LogP contribution >= 0.6 is 11.6 Å². The second kappa shape index (κ2) is 9.15. The van der Waals surface area contributed by atoms with Crippen molar-refractivity contribution in [3.63, 3.8) is 0 Å². The van der Waals surface area contributed by atoms with Gasteiger partial charge in [-0.15, -0.1) is 0 Å². The summed E-state index contributed by atoms with van der Waals surface area (Å²) in [6, 6.07) is 7.30. The second-order valence-corrected chi connectivity index (χ2v) is 9.20. The SMILES string of the molecule is COC(=O)c1cc(S(=O)(=O)N[C@@H](C)c2cc(C(C)C)c(OC)cc2C)ccc1Cl. The quantitative estimate of drug-likeness (QED) is 0.637. The number of carbonyl (C=O) groups excluding carboxylic acids is 1. The van der Waals surface area contributed by atoms with Gasteiger partial charge in [0.1, 0.15) is 5.75 Å². The average molecular weight is 440 g/mol. The smallest absolute Gasteiger partial charge is 0.339 e. The fourth-order valence-electron chi connectivity index (χ4n) is 3.11. The van der Waals surface area contributed by atoms with Crippen LogP contribution in [0.2, 0.25) is 5.02 Å². The monoisotopic (exact) mass is 439 g/mol. The molecule has 2 aromatic rings. The van der Waals surface area contributed by atoms with Crippen LogP contribution in [-0.2, 0) is 14.8 Å². The molecule has 8 heteroatoms. The Balaban J connectivity index is 2.41. The van der Waals surface area contributed by atoms with E-state index in [1.807, 2.05) is 32.9 Å². The molecule has 0 spiro atoms. The zero-order chi connectivity index (χ0) is 21.9. The maximum absolute atomic E-state index is 12.9. The number of esters is 1. The van der Waals surface area contributed by atoms with Crippen molar-refractivity contribution >= 4 is 27.6 Å². The first-order valence-electron chi connectivity index (χ1n) is 9.10. The van der Waals surface area contributed by atoms with Crippen molar-refractivity contribution in [2.45, 2.75) is 44.6 Å². The summed E-state index contributed by atoms with van der Waals surface area (Å²) in [6.45, 7) is 7.78. The van der Waals surface area contributed by atoms with Crippen LogP contribution in [0.5, 0.6) is 5.75 Å². The van der Waals surface area contributed by atoms with Crippen molar-refractivity contribution in [1.82, 2.24) is 4.72 Å². The van der Waals surface area contributed by atoms with Gasteiger partial charge in [-0.3, -0.25) is 0 Å². The number of sulfonamides is 1. The molecule has 1 N–H and O–H groups in total. The molecule has 6 nitrogen and oxygen atoms in total. The number of ether oxygens (including phenoxy) is 2. The highest BCUT2D eigenvalue weighted by atomic mass is 35.5. The van der Waals surface area contributed by atoms with E-state index in [0.29, 0.717) is 0 Å². The Morgan fingerprint density at radius 3 is 2.28 bits per heavy atom. The zero-order valence-corrected chi connectivity index (χ0v) is 18.9. The number of carbonyl (C=O) groups is 1. The van der Waals surface area contributed by atoms with Gasteiger partial charge in [0, 0.05) is 6.04 Å². The fourth-order valence-corrected chi connectivity index (χ4v) is 4.56. The van der Waals surface area contributed by atoms with Gasteiger partial charge in [0.25, 0.3) is 0 Å². The molecule has 2 aromatic carbocycles. The number of rotatable bonds is 7. The predicted molar refractivity (Wildman–Crippen MR) is 113 cm³/mol. The fraction of sp³-hybridized carbons (Fsp3) is 0.381.